The van der Waals surface area contributed by atoms with E-state index in [1.54, 1.807) is 6.20 Å². The Morgan fingerprint density at radius 1 is 1.39 bits per heavy atom. The minimum atomic E-state index is 0.355. The molecular formula is C17H26N6. The van der Waals surface area contributed by atoms with Gasteiger partial charge in [-0.2, -0.15) is 9.61 Å². The largest absolute Gasteiger partial charge is 0.367 e. The Kier molecular flexibility index (Phi) is 4.81. The molecule has 0 aromatic carbocycles. The zero-order chi connectivity index (χ0) is 16.2. The Hall–Kier alpha value is -2.08. The molecule has 0 saturated heterocycles. The van der Waals surface area contributed by atoms with E-state index < -0.39 is 0 Å². The highest BCUT2D eigenvalue weighted by Crippen LogP contribution is 2.28. The van der Waals surface area contributed by atoms with Crippen LogP contribution in [-0.2, 0) is 6.42 Å². The first kappa shape index (κ1) is 15.8. The number of nitrogens with two attached hydrogens (primary N) is 1. The summed E-state index contributed by atoms with van der Waals surface area (Å²) in [7, 11) is 0. The predicted molar refractivity (Wildman–Crippen MR) is 94.9 cm³/mol. The molecule has 1 saturated carbocycles. The van der Waals surface area contributed by atoms with E-state index in [1.165, 1.54) is 0 Å². The third kappa shape index (κ3) is 3.32. The molecule has 6 heteroatoms. The Morgan fingerprint density at radius 3 is 2.87 bits per heavy atom. The fourth-order valence-electron chi connectivity index (χ4n) is 3.24. The second-order valence-corrected chi connectivity index (χ2v) is 6.17. The van der Waals surface area contributed by atoms with Crippen molar-refractivity contribution in [3.63, 3.8) is 0 Å². The summed E-state index contributed by atoms with van der Waals surface area (Å²) in [4.78, 5) is 4.78. The summed E-state index contributed by atoms with van der Waals surface area (Å²) in [5, 5.41) is 11.4. The SMILES string of the molecule is C=CCNc1c(CC)c(NC2CCC(N)CC2)nc2ccnn12. The van der Waals surface area contributed by atoms with Gasteiger partial charge >= 0.3 is 0 Å². The lowest BCUT2D eigenvalue weighted by molar-refractivity contribution is 0.410. The van der Waals surface area contributed by atoms with Crippen LogP contribution in [0.2, 0.25) is 0 Å². The molecule has 0 amide bonds. The molecule has 6 nitrogen and oxygen atoms in total. The Bertz CT molecular complexity index is 669. The van der Waals surface area contributed by atoms with E-state index in [0.29, 0.717) is 18.6 Å². The van der Waals surface area contributed by atoms with Crippen molar-refractivity contribution in [1.82, 2.24) is 14.6 Å². The summed E-state index contributed by atoms with van der Waals surface area (Å²) in [6, 6.07) is 2.74. The summed E-state index contributed by atoms with van der Waals surface area (Å²) in [5.41, 5.74) is 8.03. The Labute approximate surface area is 137 Å². The highest BCUT2D eigenvalue weighted by molar-refractivity contribution is 5.64. The molecule has 2 aromatic rings. The molecule has 4 N–H and O–H groups in total. The number of hydrogen-bond acceptors (Lipinski definition) is 5. The maximum absolute atomic E-state index is 6.01. The number of rotatable bonds is 6. The number of aromatic nitrogens is 3. The van der Waals surface area contributed by atoms with Gasteiger partial charge in [0.2, 0.25) is 0 Å². The van der Waals surface area contributed by atoms with E-state index in [9.17, 15) is 0 Å². The van der Waals surface area contributed by atoms with E-state index in [4.69, 9.17) is 10.7 Å². The molecule has 124 valence electrons. The Balaban J connectivity index is 1.93. The minimum absolute atomic E-state index is 0.355. The molecule has 3 rings (SSSR count). The fourth-order valence-corrected chi connectivity index (χ4v) is 3.24. The van der Waals surface area contributed by atoms with Crippen LogP contribution in [0.4, 0.5) is 11.6 Å². The van der Waals surface area contributed by atoms with Gasteiger partial charge in [-0.1, -0.05) is 13.0 Å². The maximum atomic E-state index is 6.01. The summed E-state index contributed by atoms with van der Waals surface area (Å²) in [5.74, 6) is 1.96. The molecule has 1 aliphatic rings. The van der Waals surface area contributed by atoms with Crippen LogP contribution in [0.5, 0.6) is 0 Å². The zero-order valence-electron chi connectivity index (χ0n) is 13.8. The van der Waals surface area contributed by atoms with Crippen LogP contribution < -0.4 is 16.4 Å². The van der Waals surface area contributed by atoms with Gasteiger partial charge in [0.25, 0.3) is 0 Å². The van der Waals surface area contributed by atoms with Gasteiger partial charge in [-0.3, -0.25) is 0 Å². The van der Waals surface area contributed by atoms with Gasteiger partial charge in [-0.15, -0.1) is 6.58 Å². The number of anilines is 2. The van der Waals surface area contributed by atoms with Crippen LogP contribution in [0.25, 0.3) is 5.65 Å². The van der Waals surface area contributed by atoms with Crippen molar-refractivity contribution in [3.05, 3.63) is 30.5 Å². The first-order valence-electron chi connectivity index (χ1n) is 8.46. The molecule has 0 aliphatic heterocycles. The van der Waals surface area contributed by atoms with Gasteiger partial charge in [0.05, 0.1) is 6.20 Å². The van der Waals surface area contributed by atoms with Crippen molar-refractivity contribution in [2.24, 2.45) is 5.73 Å². The molecule has 1 aliphatic carbocycles. The van der Waals surface area contributed by atoms with Crippen LogP contribution in [0.15, 0.2) is 24.9 Å². The lowest BCUT2D eigenvalue weighted by atomic mass is 9.92. The lowest BCUT2D eigenvalue weighted by Gasteiger charge is -2.28. The highest BCUT2D eigenvalue weighted by Gasteiger charge is 2.21. The fraction of sp³-hybridized carbons (Fsp3) is 0.529. The summed E-state index contributed by atoms with van der Waals surface area (Å²) < 4.78 is 1.87. The van der Waals surface area contributed by atoms with Crippen molar-refractivity contribution >= 4 is 17.3 Å². The van der Waals surface area contributed by atoms with Crippen LogP contribution >= 0.6 is 0 Å². The van der Waals surface area contributed by atoms with Crippen molar-refractivity contribution in [2.75, 3.05) is 17.2 Å². The van der Waals surface area contributed by atoms with Gasteiger partial charge in [0.1, 0.15) is 11.6 Å². The second-order valence-electron chi connectivity index (χ2n) is 6.17. The Morgan fingerprint density at radius 2 is 2.17 bits per heavy atom. The van der Waals surface area contributed by atoms with Crippen LogP contribution in [0, 0.1) is 0 Å². The summed E-state index contributed by atoms with van der Waals surface area (Å²) in [6.07, 6.45) is 8.88. The number of nitrogens with one attached hydrogen (secondary N) is 2. The van der Waals surface area contributed by atoms with E-state index in [1.807, 2.05) is 16.7 Å². The summed E-state index contributed by atoms with van der Waals surface area (Å²) in [6.45, 7) is 6.63. The van der Waals surface area contributed by atoms with Gasteiger partial charge in [-0.25, -0.2) is 4.98 Å². The molecule has 2 aromatic heterocycles. The maximum Gasteiger partial charge on any atom is 0.159 e. The van der Waals surface area contributed by atoms with Crippen LogP contribution in [0.1, 0.15) is 38.2 Å². The highest BCUT2D eigenvalue weighted by atomic mass is 15.3. The third-order valence-electron chi connectivity index (χ3n) is 4.51. The predicted octanol–water partition coefficient (Wildman–Crippen LogP) is 2.57. The molecule has 0 unspecified atom stereocenters. The zero-order valence-corrected chi connectivity index (χ0v) is 13.8. The normalized spacial score (nSPS) is 21.3. The van der Waals surface area contributed by atoms with E-state index >= 15 is 0 Å². The van der Waals surface area contributed by atoms with Crippen molar-refractivity contribution < 1.29 is 0 Å². The monoisotopic (exact) mass is 314 g/mol. The number of fused-ring (bicyclic) bond motifs is 1. The molecule has 0 radical (unpaired) electrons. The van der Waals surface area contributed by atoms with Gasteiger partial charge in [0, 0.05) is 30.3 Å². The van der Waals surface area contributed by atoms with E-state index in [0.717, 1.165) is 55.0 Å². The average Bonchev–Trinajstić information content (AvgIpc) is 3.02. The second kappa shape index (κ2) is 7.00. The standard InChI is InChI=1S/C17H26N6/c1-3-10-19-17-14(4-2)16(22-15-9-11-20-23(15)17)21-13-7-5-12(18)6-8-13/h3,9,11-13,19H,1,4-8,10,18H2,2H3,(H,21,22). The van der Waals surface area contributed by atoms with Gasteiger partial charge < -0.3 is 16.4 Å². The minimum Gasteiger partial charge on any atom is -0.367 e. The smallest absolute Gasteiger partial charge is 0.159 e. The van der Waals surface area contributed by atoms with Crippen molar-refractivity contribution in [1.29, 1.82) is 0 Å². The lowest BCUT2D eigenvalue weighted by Crippen LogP contribution is -2.33. The third-order valence-corrected chi connectivity index (χ3v) is 4.51. The van der Waals surface area contributed by atoms with E-state index in [-0.39, 0.29) is 0 Å². The van der Waals surface area contributed by atoms with Crippen molar-refractivity contribution in [2.45, 2.75) is 51.1 Å². The van der Waals surface area contributed by atoms with Crippen LogP contribution in [-0.4, -0.2) is 33.2 Å². The molecule has 1 fully saturated rings. The van der Waals surface area contributed by atoms with Gasteiger partial charge in [0.15, 0.2) is 5.65 Å². The topological polar surface area (TPSA) is 80.3 Å². The first-order chi connectivity index (χ1) is 11.2. The molecule has 2 heterocycles. The molecule has 0 bridgehead atoms. The van der Waals surface area contributed by atoms with Gasteiger partial charge in [-0.05, 0) is 32.1 Å². The summed E-state index contributed by atoms with van der Waals surface area (Å²) >= 11 is 0. The molecular weight excluding hydrogens is 288 g/mol. The average molecular weight is 314 g/mol. The molecule has 23 heavy (non-hydrogen) atoms. The number of nitrogens with zero attached hydrogens (tertiary/aromatic N) is 3. The van der Waals surface area contributed by atoms with E-state index in [2.05, 4.69) is 29.2 Å². The first-order valence-corrected chi connectivity index (χ1v) is 8.46. The molecule has 0 atom stereocenters. The number of hydrogen-bond donors (Lipinski definition) is 3. The van der Waals surface area contributed by atoms with Crippen molar-refractivity contribution in [3.8, 4) is 0 Å². The quantitative estimate of drug-likeness (QED) is 0.714. The molecule has 0 spiro atoms. The van der Waals surface area contributed by atoms with Crippen LogP contribution in [0.3, 0.4) is 0 Å².